The molecule has 0 fully saturated rings. The fraction of sp³-hybridized carbons (Fsp3) is 0.188. The van der Waals surface area contributed by atoms with E-state index in [1.807, 2.05) is 61.5 Å². The molecule has 18 heavy (non-hydrogen) atoms. The van der Waals surface area contributed by atoms with Crippen molar-refractivity contribution in [2.45, 2.75) is 20.5 Å². The van der Waals surface area contributed by atoms with E-state index < -0.39 is 0 Å². The van der Waals surface area contributed by atoms with E-state index in [-0.39, 0.29) is 12.4 Å². The molecule has 2 aromatic rings. The van der Waals surface area contributed by atoms with Crippen LogP contribution in [-0.2, 0) is 6.61 Å². The van der Waals surface area contributed by atoms with Crippen LogP contribution in [0.1, 0.15) is 28.4 Å². The summed E-state index contributed by atoms with van der Waals surface area (Å²) in [7, 11) is 0. The molecular formula is C16H18O2. The average Bonchev–Trinajstić information content (AvgIpc) is 2.41. The van der Waals surface area contributed by atoms with Gasteiger partial charge in [-0.05, 0) is 25.0 Å². The van der Waals surface area contributed by atoms with Gasteiger partial charge in [-0.3, -0.25) is 4.79 Å². The highest BCUT2D eigenvalue weighted by Gasteiger charge is 1.93. The summed E-state index contributed by atoms with van der Waals surface area (Å²) >= 11 is 0. The van der Waals surface area contributed by atoms with E-state index in [1.54, 1.807) is 6.92 Å². The molecular weight excluding hydrogens is 224 g/mol. The molecule has 0 atom stereocenters. The summed E-state index contributed by atoms with van der Waals surface area (Å²) in [6.45, 7) is 3.70. The lowest BCUT2D eigenvalue weighted by Crippen LogP contribution is -1.88. The first-order valence-electron chi connectivity index (χ1n) is 5.86. The van der Waals surface area contributed by atoms with Gasteiger partial charge in [0.2, 0.25) is 0 Å². The third-order valence-corrected chi connectivity index (χ3v) is 2.61. The Bertz CT molecular complexity index is 489. The predicted molar refractivity (Wildman–Crippen MR) is 73.5 cm³/mol. The number of aryl methyl sites for hydroxylation is 1. The number of rotatable bonds is 2. The number of Topliss-reactive ketones (excluding diaryl/α,β-unsaturated/α-hetero) is 1. The Labute approximate surface area is 108 Å². The van der Waals surface area contributed by atoms with Crippen molar-refractivity contribution in [2.75, 3.05) is 0 Å². The van der Waals surface area contributed by atoms with Crippen LogP contribution in [0.5, 0.6) is 0 Å². The molecule has 0 heterocycles. The van der Waals surface area contributed by atoms with Crippen LogP contribution in [0.3, 0.4) is 0 Å². The SMILES string of the molecule is CC(=O)c1ccccc1.Cc1ccccc1CO. The van der Waals surface area contributed by atoms with Crippen LogP contribution in [0.2, 0.25) is 0 Å². The van der Waals surface area contributed by atoms with E-state index in [4.69, 9.17) is 5.11 Å². The van der Waals surface area contributed by atoms with E-state index in [2.05, 4.69) is 0 Å². The third-order valence-electron chi connectivity index (χ3n) is 2.61. The molecule has 0 aliphatic heterocycles. The second-order valence-electron chi connectivity index (χ2n) is 4.01. The molecule has 2 nitrogen and oxygen atoms in total. The Morgan fingerprint density at radius 1 is 1.00 bits per heavy atom. The lowest BCUT2D eigenvalue weighted by Gasteiger charge is -1.97. The summed E-state index contributed by atoms with van der Waals surface area (Å²) < 4.78 is 0. The summed E-state index contributed by atoms with van der Waals surface area (Å²) in [6, 6.07) is 17.0. The molecule has 0 bridgehead atoms. The molecule has 0 aliphatic rings. The summed E-state index contributed by atoms with van der Waals surface area (Å²) in [5, 5.41) is 8.72. The van der Waals surface area contributed by atoms with E-state index >= 15 is 0 Å². The number of carbonyl (C=O) groups is 1. The first-order chi connectivity index (χ1) is 8.65. The third kappa shape index (κ3) is 4.52. The maximum Gasteiger partial charge on any atom is 0.159 e. The number of ketones is 1. The minimum Gasteiger partial charge on any atom is -0.392 e. The smallest absolute Gasteiger partial charge is 0.159 e. The highest BCUT2D eigenvalue weighted by atomic mass is 16.3. The number of hydrogen-bond donors (Lipinski definition) is 1. The first kappa shape index (κ1) is 14.1. The molecule has 1 N–H and O–H groups in total. The fourth-order valence-corrected chi connectivity index (χ4v) is 1.46. The average molecular weight is 242 g/mol. The maximum atomic E-state index is 10.6. The van der Waals surface area contributed by atoms with Gasteiger partial charge in [0.25, 0.3) is 0 Å². The zero-order chi connectivity index (χ0) is 13.4. The molecule has 94 valence electrons. The number of benzene rings is 2. The van der Waals surface area contributed by atoms with Crippen LogP contribution in [0.25, 0.3) is 0 Å². The number of carbonyl (C=O) groups excluding carboxylic acids is 1. The van der Waals surface area contributed by atoms with Crippen molar-refractivity contribution in [1.29, 1.82) is 0 Å². The Balaban J connectivity index is 0.000000180. The molecule has 0 spiro atoms. The van der Waals surface area contributed by atoms with Gasteiger partial charge < -0.3 is 5.11 Å². The van der Waals surface area contributed by atoms with E-state index in [0.29, 0.717) is 0 Å². The number of aliphatic hydroxyl groups is 1. The zero-order valence-electron chi connectivity index (χ0n) is 10.8. The second-order valence-corrected chi connectivity index (χ2v) is 4.01. The minimum absolute atomic E-state index is 0.121. The Hall–Kier alpha value is -1.93. The van der Waals surface area contributed by atoms with Gasteiger partial charge in [-0.1, -0.05) is 54.6 Å². The van der Waals surface area contributed by atoms with Crippen LogP contribution < -0.4 is 0 Å². The van der Waals surface area contributed by atoms with Crippen LogP contribution in [0.15, 0.2) is 54.6 Å². The highest BCUT2D eigenvalue weighted by Crippen LogP contribution is 2.05. The number of aliphatic hydroxyl groups excluding tert-OH is 1. The maximum absolute atomic E-state index is 10.6. The minimum atomic E-state index is 0.121. The Morgan fingerprint density at radius 3 is 1.94 bits per heavy atom. The molecule has 2 aromatic carbocycles. The lowest BCUT2D eigenvalue weighted by molar-refractivity contribution is 0.101. The van der Waals surface area contributed by atoms with Gasteiger partial charge in [0.15, 0.2) is 5.78 Å². The molecule has 0 saturated heterocycles. The van der Waals surface area contributed by atoms with Crippen LogP contribution in [0, 0.1) is 6.92 Å². The van der Waals surface area contributed by atoms with Crippen molar-refractivity contribution in [2.24, 2.45) is 0 Å². The van der Waals surface area contributed by atoms with Gasteiger partial charge in [0.1, 0.15) is 0 Å². The topological polar surface area (TPSA) is 37.3 Å². The molecule has 0 amide bonds. The largest absolute Gasteiger partial charge is 0.392 e. The summed E-state index contributed by atoms with van der Waals surface area (Å²) in [6.07, 6.45) is 0. The van der Waals surface area contributed by atoms with Gasteiger partial charge in [-0.15, -0.1) is 0 Å². The van der Waals surface area contributed by atoms with Gasteiger partial charge in [0.05, 0.1) is 6.61 Å². The summed E-state index contributed by atoms with van der Waals surface area (Å²) in [4.78, 5) is 10.6. The van der Waals surface area contributed by atoms with Crippen LogP contribution in [-0.4, -0.2) is 10.9 Å². The molecule has 0 aliphatic carbocycles. The highest BCUT2D eigenvalue weighted by molar-refractivity contribution is 5.93. The molecule has 0 aromatic heterocycles. The number of hydrogen-bond acceptors (Lipinski definition) is 2. The molecule has 2 heteroatoms. The fourth-order valence-electron chi connectivity index (χ4n) is 1.46. The predicted octanol–water partition coefficient (Wildman–Crippen LogP) is 3.38. The van der Waals surface area contributed by atoms with E-state index in [9.17, 15) is 4.79 Å². The van der Waals surface area contributed by atoms with Crippen molar-refractivity contribution >= 4 is 5.78 Å². The quantitative estimate of drug-likeness (QED) is 0.820. The van der Waals surface area contributed by atoms with Gasteiger partial charge in [-0.25, -0.2) is 0 Å². The van der Waals surface area contributed by atoms with Crippen molar-refractivity contribution in [1.82, 2.24) is 0 Å². The Morgan fingerprint density at radius 2 is 1.56 bits per heavy atom. The first-order valence-corrected chi connectivity index (χ1v) is 5.86. The van der Waals surface area contributed by atoms with E-state index in [1.165, 1.54) is 0 Å². The summed E-state index contributed by atoms with van der Waals surface area (Å²) in [5.74, 6) is 0.121. The van der Waals surface area contributed by atoms with Gasteiger partial charge in [-0.2, -0.15) is 0 Å². The second kappa shape index (κ2) is 7.41. The van der Waals surface area contributed by atoms with Gasteiger partial charge >= 0.3 is 0 Å². The lowest BCUT2D eigenvalue weighted by atomic mass is 10.1. The molecule has 2 rings (SSSR count). The van der Waals surface area contributed by atoms with Crippen molar-refractivity contribution in [3.8, 4) is 0 Å². The van der Waals surface area contributed by atoms with Gasteiger partial charge in [0, 0.05) is 5.56 Å². The van der Waals surface area contributed by atoms with Crippen molar-refractivity contribution < 1.29 is 9.90 Å². The molecule has 0 radical (unpaired) electrons. The van der Waals surface area contributed by atoms with Crippen molar-refractivity contribution in [3.05, 3.63) is 71.3 Å². The van der Waals surface area contributed by atoms with Crippen LogP contribution in [0.4, 0.5) is 0 Å². The molecule has 0 saturated carbocycles. The van der Waals surface area contributed by atoms with E-state index in [0.717, 1.165) is 16.7 Å². The molecule has 0 unspecified atom stereocenters. The van der Waals surface area contributed by atoms with Crippen molar-refractivity contribution in [3.63, 3.8) is 0 Å². The zero-order valence-corrected chi connectivity index (χ0v) is 10.8. The summed E-state index contributed by atoms with van der Waals surface area (Å²) in [5.41, 5.74) is 2.94. The van der Waals surface area contributed by atoms with Crippen LogP contribution >= 0.6 is 0 Å². The standard InChI is InChI=1S/C8H10O.C8H8O/c1-7-4-2-3-5-8(7)6-9;1-7(9)8-5-3-2-4-6-8/h2-5,9H,6H2,1H3;2-6H,1H3. The monoisotopic (exact) mass is 242 g/mol. The Kier molecular flexibility index (Phi) is 5.81. The normalized spacial score (nSPS) is 9.28.